The highest BCUT2D eigenvalue weighted by atomic mass is 16.4. The quantitative estimate of drug-likeness (QED) is 0.699. The van der Waals surface area contributed by atoms with Gasteiger partial charge in [0, 0.05) is 29.3 Å². The number of amides is 1. The van der Waals surface area contributed by atoms with Gasteiger partial charge in [0.25, 0.3) is 5.91 Å². The van der Waals surface area contributed by atoms with Gasteiger partial charge in [0.15, 0.2) is 0 Å². The molecule has 2 aromatic heterocycles. The highest BCUT2D eigenvalue weighted by Gasteiger charge is 2.18. The molecule has 0 bridgehead atoms. The van der Waals surface area contributed by atoms with Crippen molar-refractivity contribution in [1.29, 1.82) is 0 Å². The SMILES string of the molecule is Cc1cc(=O)c(O)c(C(=O)Nc2ccc3c(C)cc(=O)oc3c2)o1. The lowest BCUT2D eigenvalue weighted by molar-refractivity contribution is 0.0988. The smallest absolute Gasteiger partial charge is 0.336 e. The zero-order valence-corrected chi connectivity index (χ0v) is 12.9. The minimum Gasteiger partial charge on any atom is -0.501 e. The van der Waals surface area contributed by atoms with Gasteiger partial charge in [-0.15, -0.1) is 0 Å². The lowest BCUT2D eigenvalue weighted by atomic mass is 10.1. The highest BCUT2D eigenvalue weighted by molar-refractivity contribution is 6.04. The molecule has 7 heteroatoms. The molecule has 24 heavy (non-hydrogen) atoms. The predicted octanol–water partition coefficient (Wildman–Crippen LogP) is 2.32. The summed E-state index contributed by atoms with van der Waals surface area (Å²) in [6.45, 7) is 3.27. The molecule has 1 aromatic carbocycles. The Bertz CT molecular complexity index is 1080. The second kappa shape index (κ2) is 5.69. The van der Waals surface area contributed by atoms with Crippen molar-refractivity contribution in [3.63, 3.8) is 0 Å². The van der Waals surface area contributed by atoms with Crippen LogP contribution in [-0.4, -0.2) is 11.0 Å². The zero-order chi connectivity index (χ0) is 17.4. The second-order valence-electron chi connectivity index (χ2n) is 5.31. The Morgan fingerprint density at radius 1 is 1.08 bits per heavy atom. The third-order valence-electron chi connectivity index (χ3n) is 3.46. The number of aromatic hydroxyl groups is 1. The third kappa shape index (κ3) is 2.79. The lowest BCUT2D eigenvalue weighted by Crippen LogP contribution is -2.15. The first-order valence-electron chi connectivity index (χ1n) is 7.05. The molecule has 0 spiro atoms. The summed E-state index contributed by atoms with van der Waals surface area (Å²) in [6.07, 6.45) is 0. The molecule has 7 nitrogen and oxygen atoms in total. The van der Waals surface area contributed by atoms with E-state index in [2.05, 4.69) is 5.32 Å². The first-order chi connectivity index (χ1) is 11.3. The van der Waals surface area contributed by atoms with Gasteiger partial charge in [-0.2, -0.15) is 0 Å². The van der Waals surface area contributed by atoms with E-state index in [4.69, 9.17) is 8.83 Å². The van der Waals surface area contributed by atoms with E-state index in [1.165, 1.54) is 19.1 Å². The van der Waals surface area contributed by atoms with E-state index in [1.54, 1.807) is 19.1 Å². The number of benzene rings is 1. The van der Waals surface area contributed by atoms with Crippen LogP contribution >= 0.6 is 0 Å². The van der Waals surface area contributed by atoms with Crippen LogP contribution in [0.3, 0.4) is 0 Å². The second-order valence-corrected chi connectivity index (χ2v) is 5.31. The van der Waals surface area contributed by atoms with E-state index in [1.807, 2.05) is 0 Å². The summed E-state index contributed by atoms with van der Waals surface area (Å²) in [5, 5.41) is 12.9. The number of fused-ring (bicyclic) bond motifs is 1. The molecule has 122 valence electrons. The fourth-order valence-electron chi connectivity index (χ4n) is 2.35. The summed E-state index contributed by atoms with van der Waals surface area (Å²) in [5.74, 6) is -1.84. The molecular weight excluding hydrogens is 314 g/mol. The van der Waals surface area contributed by atoms with E-state index in [9.17, 15) is 19.5 Å². The third-order valence-corrected chi connectivity index (χ3v) is 3.46. The van der Waals surface area contributed by atoms with Crippen molar-refractivity contribution in [2.24, 2.45) is 0 Å². The van der Waals surface area contributed by atoms with Crippen LogP contribution in [0.5, 0.6) is 5.75 Å². The van der Waals surface area contributed by atoms with Crippen LogP contribution in [0, 0.1) is 13.8 Å². The van der Waals surface area contributed by atoms with E-state index < -0.39 is 28.5 Å². The Morgan fingerprint density at radius 3 is 2.58 bits per heavy atom. The van der Waals surface area contributed by atoms with Crippen LogP contribution in [0.25, 0.3) is 11.0 Å². The maximum absolute atomic E-state index is 12.2. The van der Waals surface area contributed by atoms with Crippen LogP contribution in [0.4, 0.5) is 5.69 Å². The summed E-state index contributed by atoms with van der Waals surface area (Å²) < 4.78 is 10.2. The molecule has 2 N–H and O–H groups in total. The number of rotatable bonds is 2. The lowest BCUT2D eigenvalue weighted by Gasteiger charge is -2.07. The summed E-state index contributed by atoms with van der Waals surface area (Å²) in [5.41, 5.74) is 0.189. The van der Waals surface area contributed by atoms with Gasteiger partial charge in [0.1, 0.15) is 11.3 Å². The van der Waals surface area contributed by atoms with Crippen molar-refractivity contribution in [1.82, 2.24) is 0 Å². The van der Waals surface area contributed by atoms with Crippen molar-refractivity contribution in [2.75, 3.05) is 5.32 Å². The first kappa shape index (κ1) is 15.5. The molecule has 0 fully saturated rings. The number of carbonyl (C=O) groups is 1. The number of hydrogen-bond acceptors (Lipinski definition) is 6. The molecule has 0 aliphatic rings. The minimum absolute atomic E-state index is 0.197. The Labute approximate surface area is 135 Å². The van der Waals surface area contributed by atoms with Gasteiger partial charge in [0.2, 0.25) is 16.9 Å². The summed E-state index contributed by atoms with van der Waals surface area (Å²) in [4.78, 5) is 35.2. The molecule has 0 aliphatic carbocycles. The van der Waals surface area contributed by atoms with Crippen molar-refractivity contribution < 1.29 is 18.7 Å². The number of hydrogen-bond donors (Lipinski definition) is 2. The maximum Gasteiger partial charge on any atom is 0.336 e. The van der Waals surface area contributed by atoms with Gasteiger partial charge in [-0.25, -0.2) is 4.79 Å². The van der Waals surface area contributed by atoms with E-state index >= 15 is 0 Å². The van der Waals surface area contributed by atoms with Gasteiger partial charge in [-0.3, -0.25) is 9.59 Å². The fourth-order valence-corrected chi connectivity index (χ4v) is 2.35. The van der Waals surface area contributed by atoms with E-state index in [-0.39, 0.29) is 5.76 Å². The number of nitrogens with one attached hydrogen (secondary N) is 1. The molecule has 3 aromatic rings. The van der Waals surface area contributed by atoms with E-state index in [0.717, 1.165) is 17.0 Å². The van der Waals surface area contributed by atoms with Crippen LogP contribution in [0.1, 0.15) is 21.9 Å². The monoisotopic (exact) mass is 327 g/mol. The van der Waals surface area contributed by atoms with Crippen LogP contribution in [0.15, 0.2) is 48.8 Å². The molecule has 0 atom stereocenters. The highest BCUT2D eigenvalue weighted by Crippen LogP contribution is 2.22. The molecule has 0 radical (unpaired) electrons. The van der Waals surface area contributed by atoms with Gasteiger partial charge in [0.05, 0.1) is 0 Å². The molecule has 0 saturated heterocycles. The fraction of sp³-hybridized carbons (Fsp3) is 0.118. The largest absolute Gasteiger partial charge is 0.501 e. The number of anilines is 1. The van der Waals surface area contributed by atoms with Crippen molar-refractivity contribution in [3.05, 3.63) is 68.1 Å². The molecule has 3 rings (SSSR count). The van der Waals surface area contributed by atoms with Crippen molar-refractivity contribution in [3.8, 4) is 5.75 Å². The van der Waals surface area contributed by atoms with Crippen molar-refractivity contribution >= 4 is 22.6 Å². The molecule has 0 unspecified atom stereocenters. The Kier molecular flexibility index (Phi) is 3.69. The Hall–Kier alpha value is -3.35. The number of carbonyl (C=O) groups excluding carboxylic acids is 1. The zero-order valence-electron chi connectivity index (χ0n) is 12.9. The van der Waals surface area contributed by atoms with Gasteiger partial charge >= 0.3 is 5.63 Å². The van der Waals surface area contributed by atoms with Gasteiger partial charge < -0.3 is 19.3 Å². The number of aryl methyl sites for hydroxylation is 2. The first-order valence-corrected chi connectivity index (χ1v) is 7.05. The summed E-state index contributed by atoms with van der Waals surface area (Å²) >= 11 is 0. The van der Waals surface area contributed by atoms with Gasteiger partial charge in [-0.05, 0) is 31.5 Å². The van der Waals surface area contributed by atoms with Crippen LogP contribution < -0.4 is 16.4 Å². The summed E-state index contributed by atoms with van der Waals surface area (Å²) in [7, 11) is 0. The van der Waals surface area contributed by atoms with Crippen LogP contribution in [-0.2, 0) is 0 Å². The Balaban J connectivity index is 2.00. The Morgan fingerprint density at radius 2 is 1.83 bits per heavy atom. The minimum atomic E-state index is -0.789. The molecule has 2 heterocycles. The van der Waals surface area contributed by atoms with E-state index in [0.29, 0.717) is 11.3 Å². The average molecular weight is 327 g/mol. The molecule has 0 saturated carbocycles. The predicted molar refractivity (Wildman–Crippen MR) is 86.6 cm³/mol. The van der Waals surface area contributed by atoms with Gasteiger partial charge in [-0.1, -0.05) is 0 Å². The molecule has 0 aliphatic heterocycles. The topological polar surface area (TPSA) is 110 Å². The molecule has 1 amide bonds. The average Bonchev–Trinajstić information content (AvgIpc) is 2.50. The normalized spacial score (nSPS) is 10.8. The summed E-state index contributed by atoms with van der Waals surface area (Å²) in [6, 6.07) is 7.24. The maximum atomic E-state index is 12.2. The standard InChI is InChI=1S/C17H13NO6/c1-8-5-14(20)24-13-7-10(3-4-11(8)13)18-17(22)16-15(21)12(19)6-9(2)23-16/h3-7,21H,1-2H3,(H,18,22). The molecular formula is C17H13NO6. The van der Waals surface area contributed by atoms with Crippen molar-refractivity contribution in [2.45, 2.75) is 13.8 Å². The van der Waals surface area contributed by atoms with Crippen LogP contribution in [0.2, 0.25) is 0 Å².